The summed E-state index contributed by atoms with van der Waals surface area (Å²) in [4.78, 5) is 0. The molecule has 0 spiro atoms. The summed E-state index contributed by atoms with van der Waals surface area (Å²) in [6, 6.07) is 5.53. The number of rotatable bonds is 4. The van der Waals surface area contributed by atoms with Crippen molar-refractivity contribution in [3.8, 4) is 5.75 Å². The van der Waals surface area contributed by atoms with Gasteiger partial charge in [0.15, 0.2) is 0 Å². The first-order valence-corrected chi connectivity index (χ1v) is 5.54. The third kappa shape index (κ3) is 2.19. The Bertz CT molecular complexity index is 367. The van der Waals surface area contributed by atoms with Crippen LogP contribution < -0.4 is 10.5 Å². The van der Waals surface area contributed by atoms with E-state index in [9.17, 15) is 10.2 Å². The zero-order valence-corrected chi connectivity index (χ0v) is 9.10. The number of hydrogen-bond acceptors (Lipinski definition) is 4. The van der Waals surface area contributed by atoms with Gasteiger partial charge in [-0.2, -0.15) is 0 Å². The summed E-state index contributed by atoms with van der Waals surface area (Å²) in [5, 5.41) is 19.6. The molecule has 0 bridgehead atoms. The molecule has 0 aromatic heterocycles. The molecule has 2 unspecified atom stereocenters. The largest absolute Gasteiger partial charge is 0.493 e. The number of fused-ring (bicyclic) bond motifs is 1. The number of hydrogen-bond donors (Lipinski definition) is 3. The highest BCUT2D eigenvalue weighted by Crippen LogP contribution is 2.29. The van der Waals surface area contributed by atoms with Gasteiger partial charge in [0.2, 0.25) is 0 Å². The third-order valence-electron chi connectivity index (χ3n) is 2.88. The van der Waals surface area contributed by atoms with E-state index in [0.29, 0.717) is 19.6 Å². The Balaban J connectivity index is 2.14. The van der Waals surface area contributed by atoms with E-state index in [1.807, 2.05) is 12.1 Å². The molecule has 16 heavy (non-hydrogen) atoms. The van der Waals surface area contributed by atoms with E-state index in [4.69, 9.17) is 10.5 Å². The summed E-state index contributed by atoms with van der Waals surface area (Å²) >= 11 is 0. The summed E-state index contributed by atoms with van der Waals surface area (Å²) in [6.45, 7) is 1.06. The van der Waals surface area contributed by atoms with Crippen molar-refractivity contribution in [2.45, 2.75) is 25.0 Å². The predicted octanol–water partition coefficient (Wildman–Crippen LogP) is 0.365. The lowest BCUT2D eigenvalue weighted by atomic mass is 9.99. The molecule has 4 heteroatoms. The van der Waals surface area contributed by atoms with Crippen molar-refractivity contribution in [1.29, 1.82) is 0 Å². The van der Waals surface area contributed by atoms with Crippen LogP contribution in [-0.4, -0.2) is 29.5 Å². The lowest BCUT2D eigenvalue weighted by Crippen LogP contribution is -2.21. The number of ether oxygens (including phenoxy) is 1. The van der Waals surface area contributed by atoms with Crippen LogP contribution in [0.15, 0.2) is 18.2 Å². The Hall–Kier alpha value is -1.10. The average Bonchev–Trinajstić information content (AvgIpc) is 2.75. The minimum Gasteiger partial charge on any atom is -0.493 e. The topological polar surface area (TPSA) is 75.7 Å². The lowest BCUT2D eigenvalue weighted by molar-refractivity contribution is 0.0150. The molecule has 1 heterocycles. The van der Waals surface area contributed by atoms with Gasteiger partial charge in [-0.25, -0.2) is 0 Å². The molecule has 0 aliphatic carbocycles. The first-order chi connectivity index (χ1) is 7.72. The van der Waals surface area contributed by atoms with Gasteiger partial charge in [0.25, 0.3) is 0 Å². The van der Waals surface area contributed by atoms with Crippen LogP contribution in [0, 0.1) is 0 Å². The summed E-state index contributed by atoms with van der Waals surface area (Å²) in [5.41, 5.74) is 7.17. The van der Waals surface area contributed by atoms with Crippen LogP contribution in [0.3, 0.4) is 0 Å². The molecule has 0 saturated carbocycles. The van der Waals surface area contributed by atoms with Gasteiger partial charge >= 0.3 is 0 Å². The standard InChI is InChI=1S/C12H17NO3/c13-5-3-10(14)12(15)9-1-2-11-8(7-9)4-6-16-11/h1-2,7,10,12,14-15H,3-6,13H2. The molecular formula is C12H17NO3. The van der Waals surface area contributed by atoms with Gasteiger partial charge in [-0.05, 0) is 36.2 Å². The minimum atomic E-state index is -0.866. The highest BCUT2D eigenvalue weighted by Gasteiger charge is 2.20. The fraction of sp³-hybridized carbons (Fsp3) is 0.500. The number of aliphatic hydroxyl groups is 2. The molecule has 0 fully saturated rings. The second kappa shape index (κ2) is 4.82. The van der Waals surface area contributed by atoms with Crippen molar-refractivity contribution < 1.29 is 14.9 Å². The maximum absolute atomic E-state index is 9.91. The minimum absolute atomic E-state index is 0.367. The van der Waals surface area contributed by atoms with Gasteiger partial charge in [0, 0.05) is 6.42 Å². The quantitative estimate of drug-likeness (QED) is 0.689. The lowest BCUT2D eigenvalue weighted by Gasteiger charge is -2.17. The Morgan fingerprint density at radius 1 is 1.38 bits per heavy atom. The predicted molar refractivity (Wildman–Crippen MR) is 60.3 cm³/mol. The first kappa shape index (κ1) is 11.4. The van der Waals surface area contributed by atoms with Gasteiger partial charge < -0.3 is 20.7 Å². The van der Waals surface area contributed by atoms with Crippen LogP contribution in [0.5, 0.6) is 5.75 Å². The zero-order chi connectivity index (χ0) is 11.5. The van der Waals surface area contributed by atoms with Crippen molar-refractivity contribution in [3.05, 3.63) is 29.3 Å². The molecule has 4 nitrogen and oxygen atoms in total. The molecule has 2 atom stereocenters. The third-order valence-corrected chi connectivity index (χ3v) is 2.88. The van der Waals surface area contributed by atoms with Crippen LogP contribution in [0.4, 0.5) is 0 Å². The van der Waals surface area contributed by atoms with Crippen molar-refractivity contribution in [1.82, 2.24) is 0 Å². The van der Waals surface area contributed by atoms with E-state index in [1.54, 1.807) is 6.07 Å². The Kier molecular flexibility index (Phi) is 3.43. The van der Waals surface area contributed by atoms with E-state index in [-0.39, 0.29) is 0 Å². The van der Waals surface area contributed by atoms with Gasteiger partial charge in [0.1, 0.15) is 11.9 Å². The molecular weight excluding hydrogens is 206 g/mol. The number of benzene rings is 1. The second-order valence-electron chi connectivity index (χ2n) is 4.06. The van der Waals surface area contributed by atoms with Crippen LogP contribution in [-0.2, 0) is 6.42 Å². The van der Waals surface area contributed by atoms with E-state index >= 15 is 0 Å². The second-order valence-corrected chi connectivity index (χ2v) is 4.06. The van der Waals surface area contributed by atoms with Crippen molar-refractivity contribution in [2.24, 2.45) is 5.73 Å². The molecule has 1 aliphatic heterocycles. The summed E-state index contributed by atoms with van der Waals surface area (Å²) in [7, 11) is 0. The molecule has 0 radical (unpaired) electrons. The van der Waals surface area contributed by atoms with Crippen molar-refractivity contribution >= 4 is 0 Å². The molecule has 0 amide bonds. The van der Waals surface area contributed by atoms with E-state index < -0.39 is 12.2 Å². The zero-order valence-electron chi connectivity index (χ0n) is 9.10. The Labute approximate surface area is 94.7 Å². The van der Waals surface area contributed by atoms with Crippen LogP contribution in [0.2, 0.25) is 0 Å². The molecule has 88 valence electrons. The summed E-state index contributed by atoms with van der Waals surface area (Å²) in [6.07, 6.45) is -0.405. The maximum Gasteiger partial charge on any atom is 0.122 e. The number of nitrogens with two attached hydrogens (primary N) is 1. The summed E-state index contributed by atoms with van der Waals surface area (Å²) in [5.74, 6) is 0.879. The number of aliphatic hydroxyl groups excluding tert-OH is 2. The Morgan fingerprint density at radius 3 is 2.94 bits per heavy atom. The fourth-order valence-corrected chi connectivity index (χ4v) is 1.94. The van der Waals surface area contributed by atoms with Gasteiger partial charge in [-0.3, -0.25) is 0 Å². The van der Waals surface area contributed by atoms with E-state index in [2.05, 4.69) is 0 Å². The van der Waals surface area contributed by atoms with Crippen LogP contribution in [0.1, 0.15) is 23.7 Å². The molecule has 1 aromatic carbocycles. The van der Waals surface area contributed by atoms with Gasteiger partial charge in [-0.15, -0.1) is 0 Å². The molecule has 1 aromatic rings. The molecule has 1 aliphatic rings. The average molecular weight is 223 g/mol. The van der Waals surface area contributed by atoms with Crippen molar-refractivity contribution in [2.75, 3.05) is 13.2 Å². The van der Waals surface area contributed by atoms with E-state index in [0.717, 1.165) is 23.3 Å². The van der Waals surface area contributed by atoms with Crippen LogP contribution >= 0.6 is 0 Å². The SMILES string of the molecule is NCCC(O)C(O)c1ccc2c(c1)CCO2. The highest BCUT2D eigenvalue weighted by molar-refractivity contribution is 5.40. The highest BCUT2D eigenvalue weighted by atomic mass is 16.5. The Morgan fingerprint density at radius 2 is 2.19 bits per heavy atom. The maximum atomic E-state index is 9.91. The molecule has 2 rings (SSSR count). The van der Waals surface area contributed by atoms with Gasteiger partial charge in [-0.1, -0.05) is 6.07 Å². The summed E-state index contributed by atoms with van der Waals surface area (Å²) < 4.78 is 5.38. The van der Waals surface area contributed by atoms with E-state index in [1.165, 1.54) is 0 Å². The monoisotopic (exact) mass is 223 g/mol. The smallest absolute Gasteiger partial charge is 0.122 e. The molecule has 0 saturated heterocycles. The molecule has 4 N–H and O–H groups in total. The first-order valence-electron chi connectivity index (χ1n) is 5.54. The fourth-order valence-electron chi connectivity index (χ4n) is 1.94. The normalized spacial score (nSPS) is 17.7. The van der Waals surface area contributed by atoms with Crippen molar-refractivity contribution in [3.63, 3.8) is 0 Å². The van der Waals surface area contributed by atoms with Gasteiger partial charge in [0.05, 0.1) is 12.7 Å². The van der Waals surface area contributed by atoms with Crippen LogP contribution in [0.25, 0.3) is 0 Å².